The molecular formula is C18H18N2O4. The largest absolute Gasteiger partial charge is 0.493 e. The van der Waals surface area contributed by atoms with Gasteiger partial charge in [-0.25, -0.2) is 9.59 Å². The van der Waals surface area contributed by atoms with Crippen molar-refractivity contribution < 1.29 is 19.1 Å². The van der Waals surface area contributed by atoms with Crippen LogP contribution in [0.15, 0.2) is 48.5 Å². The normalized spacial score (nSPS) is 15.6. The number of benzene rings is 2. The summed E-state index contributed by atoms with van der Waals surface area (Å²) in [6.45, 7) is 0.542. The highest BCUT2D eigenvalue weighted by atomic mass is 16.5. The molecule has 1 aliphatic heterocycles. The van der Waals surface area contributed by atoms with Crippen LogP contribution in [0.4, 0.5) is 10.5 Å². The zero-order valence-corrected chi connectivity index (χ0v) is 13.2. The Kier molecular flexibility index (Phi) is 4.65. The lowest BCUT2D eigenvalue weighted by molar-refractivity contribution is 0.0602. The number of carbonyl (C=O) groups is 2. The summed E-state index contributed by atoms with van der Waals surface area (Å²) in [4.78, 5) is 24.1. The molecule has 2 amide bonds. The van der Waals surface area contributed by atoms with Crippen LogP contribution in [0.3, 0.4) is 0 Å². The molecule has 0 saturated carbocycles. The molecular weight excluding hydrogens is 308 g/mol. The minimum atomic E-state index is -0.498. The average Bonchev–Trinajstić information content (AvgIpc) is 2.62. The first kappa shape index (κ1) is 15.9. The van der Waals surface area contributed by atoms with E-state index < -0.39 is 5.97 Å². The van der Waals surface area contributed by atoms with Crippen LogP contribution in [0, 0.1) is 0 Å². The summed E-state index contributed by atoms with van der Waals surface area (Å²) in [6, 6.07) is 13.8. The number of para-hydroxylation sites is 2. The Hall–Kier alpha value is -3.02. The molecule has 0 bridgehead atoms. The molecule has 6 heteroatoms. The molecule has 0 saturated heterocycles. The Balaban J connectivity index is 1.73. The molecule has 0 spiro atoms. The van der Waals surface area contributed by atoms with E-state index in [0.29, 0.717) is 24.3 Å². The number of fused-ring (bicyclic) bond motifs is 1. The molecule has 1 aliphatic rings. The van der Waals surface area contributed by atoms with E-state index in [2.05, 4.69) is 10.6 Å². The van der Waals surface area contributed by atoms with Crippen LogP contribution < -0.4 is 15.4 Å². The highest BCUT2D eigenvalue weighted by molar-refractivity contribution is 6.00. The van der Waals surface area contributed by atoms with E-state index in [-0.39, 0.29) is 12.1 Å². The molecule has 0 fully saturated rings. The number of hydrogen-bond donors (Lipinski definition) is 2. The predicted molar refractivity (Wildman–Crippen MR) is 89.2 cm³/mol. The standard InChI is InChI=1S/C18H18N2O4/c1-23-17(21)13-7-2-4-8-14(13)19-18(22)20-15-10-11-24-16-9-5-3-6-12(15)16/h2-9,15H,10-11H2,1H3,(H2,19,20,22). The van der Waals surface area contributed by atoms with Crippen LogP contribution in [0.5, 0.6) is 5.75 Å². The number of nitrogens with one attached hydrogen (secondary N) is 2. The van der Waals surface area contributed by atoms with Gasteiger partial charge in [0, 0.05) is 12.0 Å². The number of amides is 2. The van der Waals surface area contributed by atoms with E-state index in [4.69, 9.17) is 9.47 Å². The Morgan fingerprint density at radius 3 is 2.71 bits per heavy atom. The van der Waals surface area contributed by atoms with Crippen LogP contribution >= 0.6 is 0 Å². The molecule has 2 N–H and O–H groups in total. The minimum Gasteiger partial charge on any atom is -0.493 e. The second-order valence-electron chi connectivity index (χ2n) is 5.36. The highest BCUT2D eigenvalue weighted by Crippen LogP contribution is 2.31. The first-order chi connectivity index (χ1) is 11.7. The van der Waals surface area contributed by atoms with E-state index in [1.165, 1.54) is 7.11 Å². The Morgan fingerprint density at radius 1 is 1.12 bits per heavy atom. The van der Waals surface area contributed by atoms with E-state index in [0.717, 1.165) is 11.3 Å². The molecule has 2 aromatic rings. The van der Waals surface area contributed by atoms with Crippen molar-refractivity contribution in [2.24, 2.45) is 0 Å². The topological polar surface area (TPSA) is 76.7 Å². The predicted octanol–water partition coefficient (Wildman–Crippen LogP) is 3.12. The molecule has 0 aliphatic carbocycles. The van der Waals surface area contributed by atoms with Gasteiger partial charge in [0.05, 0.1) is 31.0 Å². The first-order valence-corrected chi connectivity index (χ1v) is 7.65. The third-order valence-electron chi connectivity index (χ3n) is 3.84. The van der Waals surface area contributed by atoms with Gasteiger partial charge in [-0.15, -0.1) is 0 Å². The maximum Gasteiger partial charge on any atom is 0.339 e. The van der Waals surface area contributed by atoms with Crippen molar-refractivity contribution >= 4 is 17.7 Å². The number of methoxy groups -OCH3 is 1. The van der Waals surface area contributed by atoms with Crippen molar-refractivity contribution in [3.63, 3.8) is 0 Å². The number of anilines is 1. The number of carbonyl (C=O) groups excluding carboxylic acids is 2. The summed E-state index contributed by atoms with van der Waals surface area (Å²) in [5, 5.41) is 5.64. The molecule has 124 valence electrons. The van der Waals surface area contributed by atoms with Crippen LogP contribution in [0.25, 0.3) is 0 Å². The van der Waals surface area contributed by atoms with Gasteiger partial charge in [-0.2, -0.15) is 0 Å². The first-order valence-electron chi connectivity index (χ1n) is 7.65. The zero-order valence-electron chi connectivity index (χ0n) is 13.2. The molecule has 1 atom stereocenters. The smallest absolute Gasteiger partial charge is 0.339 e. The van der Waals surface area contributed by atoms with E-state index >= 15 is 0 Å². The summed E-state index contributed by atoms with van der Waals surface area (Å²) < 4.78 is 10.3. The van der Waals surface area contributed by atoms with Gasteiger partial charge in [-0.1, -0.05) is 30.3 Å². The van der Waals surface area contributed by atoms with Crippen LogP contribution in [-0.2, 0) is 4.74 Å². The fourth-order valence-electron chi connectivity index (χ4n) is 2.69. The third-order valence-corrected chi connectivity index (χ3v) is 3.84. The lowest BCUT2D eigenvalue weighted by atomic mass is 10.0. The number of urea groups is 1. The quantitative estimate of drug-likeness (QED) is 0.850. The Bertz CT molecular complexity index is 760. The summed E-state index contributed by atoms with van der Waals surface area (Å²) in [5.74, 6) is 0.284. The van der Waals surface area contributed by atoms with E-state index in [9.17, 15) is 9.59 Å². The fraction of sp³-hybridized carbons (Fsp3) is 0.222. The molecule has 6 nitrogen and oxygen atoms in total. The van der Waals surface area contributed by atoms with Crippen LogP contribution in [0.1, 0.15) is 28.4 Å². The number of ether oxygens (including phenoxy) is 2. The third kappa shape index (κ3) is 3.32. The lowest BCUT2D eigenvalue weighted by Gasteiger charge is -2.26. The van der Waals surface area contributed by atoms with Crippen molar-refractivity contribution in [3.05, 3.63) is 59.7 Å². The molecule has 0 aromatic heterocycles. The van der Waals surface area contributed by atoms with Gasteiger partial charge < -0.3 is 20.1 Å². The van der Waals surface area contributed by atoms with Gasteiger partial charge in [0.25, 0.3) is 0 Å². The summed E-state index contributed by atoms with van der Waals surface area (Å²) in [5.41, 5.74) is 1.66. The van der Waals surface area contributed by atoms with Crippen molar-refractivity contribution in [1.29, 1.82) is 0 Å². The van der Waals surface area contributed by atoms with E-state index in [1.807, 2.05) is 24.3 Å². The summed E-state index contributed by atoms with van der Waals surface area (Å²) in [7, 11) is 1.30. The minimum absolute atomic E-state index is 0.139. The zero-order chi connectivity index (χ0) is 16.9. The number of esters is 1. The second kappa shape index (κ2) is 7.04. The number of hydrogen-bond acceptors (Lipinski definition) is 4. The molecule has 1 heterocycles. The number of rotatable bonds is 3. The van der Waals surface area contributed by atoms with Gasteiger partial charge >= 0.3 is 12.0 Å². The van der Waals surface area contributed by atoms with Crippen LogP contribution in [-0.4, -0.2) is 25.7 Å². The van der Waals surface area contributed by atoms with Gasteiger partial charge in [0.15, 0.2) is 0 Å². The SMILES string of the molecule is COC(=O)c1ccccc1NC(=O)NC1CCOc2ccccc21. The molecule has 1 unspecified atom stereocenters. The maximum atomic E-state index is 12.3. The molecule has 2 aromatic carbocycles. The molecule has 3 rings (SSSR count). The second-order valence-corrected chi connectivity index (χ2v) is 5.36. The maximum absolute atomic E-state index is 12.3. The monoisotopic (exact) mass is 326 g/mol. The Morgan fingerprint density at radius 2 is 1.88 bits per heavy atom. The van der Waals surface area contributed by atoms with Crippen molar-refractivity contribution in [1.82, 2.24) is 5.32 Å². The van der Waals surface area contributed by atoms with Crippen LogP contribution in [0.2, 0.25) is 0 Å². The Labute approximate surface area is 139 Å². The van der Waals surface area contributed by atoms with E-state index in [1.54, 1.807) is 24.3 Å². The van der Waals surface area contributed by atoms with Gasteiger partial charge in [0.2, 0.25) is 0 Å². The van der Waals surface area contributed by atoms with Crippen molar-refractivity contribution in [2.45, 2.75) is 12.5 Å². The van der Waals surface area contributed by atoms with Crippen molar-refractivity contribution in [2.75, 3.05) is 19.0 Å². The summed E-state index contributed by atoms with van der Waals surface area (Å²) in [6.07, 6.45) is 0.684. The summed E-state index contributed by atoms with van der Waals surface area (Å²) >= 11 is 0. The fourth-order valence-corrected chi connectivity index (χ4v) is 2.69. The van der Waals surface area contributed by atoms with Gasteiger partial charge in [-0.3, -0.25) is 0 Å². The highest BCUT2D eigenvalue weighted by Gasteiger charge is 2.23. The van der Waals surface area contributed by atoms with Crippen molar-refractivity contribution in [3.8, 4) is 5.75 Å². The molecule has 0 radical (unpaired) electrons. The average molecular weight is 326 g/mol. The van der Waals surface area contributed by atoms with Gasteiger partial charge in [-0.05, 0) is 18.2 Å². The van der Waals surface area contributed by atoms with Gasteiger partial charge in [0.1, 0.15) is 5.75 Å². The lowest BCUT2D eigenvalue weighted by Crippen LogP contribution is -2.35. The molecule has 24 heavy (non-hydrogen) atoms.